The van der Waals surface area contributed by atoms with Crippen LogP contribution in [0.4, 0.5) is 11.5 Å². The van der Waals surface area contributed by atoms with Gasteiger partial charge >= 0.3 is 5.97 Å². The van der Waals surface area contributed by atoms with Crippen LogP contribution in [0.3, 0.4) is 0 Å². The Morgan fingerprint density at radius 2 is 1.91 bits per heavy atom. The van der Waals surface area contributed by atoms with Crippen LogP contribution in [-0.4, -0.2) is 41.9 Å². The molecule has 2 aliphatic rings. The summed E-state index contributed by atoms with van der Waals surface area (Å²) in [5.74, 6) is 1.16. The molecular formula is C23H31N7O2. The molecule has 9 heteroatoms. The molecule has 0 spiro atoms. The molecule has 3 heterocycles. The van der Waals surface area contributed by atoms with Gasteiger partial charge in [-0.05, 0) is 45.4 Å². The lowest BCUT2D eigenvalue weighted by molar-refractivity contribution is -0.149. The SMILES string of the molecule is CCOC(=O)C1CCC(n2cc(Nc3nc(C4CCCCC4)cn4ncnc34)cn2)CC1. The van der Waals surface area contributed by atoms with Crippen molar-refractivity contribution in [1.82, 2.24) is 29.4 Å². The number of esters is 1. The first kappa shape index (κ1) is 20.9. The zero-order chi connectivity index (χ0) is 21.9. The fourth-order valence-corrected chi connectivity index (χ4v) is 5.10. The van der Waals surface area contributed by atoms with Gasteiger partial charge in [0.1, 0.15) is 6.33 Å². The Hall–Kier alpha value is -2.97. The molecule has 32 heavy (non-hydrogen) atoms. The van der Waals surface area contributed by atoms with E-state index in [9.17, 15) is 4.79 Å². The maximum atomic E-state index is 12.0. The largest absolute Gasteiger partial charge is 0.466 e. The first-order chi connectivity index (χ1) is 15.7. The van der Waals surface area contributed by atoms with E-state index in [-0.39, 0.29) is 11.9 Å². The van der Waals surface area contributed by atoms with Crippen LogP contribution in [0.25, 0.3) is 5.65 Å². The summed E-state index contributed by atoms with van der Waals surface area (Å²) in [7, 11) is 0. The van der Waals surface area contributed by atoms with Crippen LogP contribution in [-0.2, 0) is 9.53 Å². The highest BCUT2D eigenvalue weighted by Crippen LogP contribution is 2.34. The summed E-state index contributed by atoms with van der Waals surface area (Å²) in [6, 6.07) is 0.297. The highest BCUT2D eigenvalue weighted by molar-refractivity contribution is 5.72. The summed E-state index contributed by atoms with van der Waals surface area (Å²) in [4.78, 5) is 21.3. The molecule has 3 aromatic rings. The predicted octanol–water partition coefficient (Wildman–Crippen LogP) is 4.41. The van der Waals surface area contributed by atoms with Gasteiger partial charge in [0.15, 0.2) is 11.5 Å². The van der Waals surface area contributed by atoms with E-state index in [4.69, 9.17) is 9.72 Å². The van der Waals surface area contributed by atoms with Gasteiger partial charge in [-0.25, -0.2) is 14.5 Å². The van der Waals surface area contributed by atoms with Crippen molar-refractivity contribution in [2.24, 2.45) is 5.92 Å². The number of hydrogen-bond acceptors (Lipinski definition) is 7. The Labute approximate surface area is 187 Å². The third-order valence-electron chi connectivity index (χ3n) is 6.86. The van der Waals surface area contributed by atoms with Gasteiger partial charge in [0.2, 0.25) is 0 Å². The van der Waals surface area contributed by atoms with E-state index < -0.39 is 0 Å². The highest BCUT2D eigenvalue weighted by Gasteiger charge is 2.28. The Kier molecular flexibility index (Phi) is 6.05. The highest BCUT2D eigenvalue weighted by atomic mass is 16.5. The average molecular weight is 438 g/mol. The smallest absolute Gasteiger partial charge is 0.308 e. The fourth-order valence-electron chi connectivity index (χ4n) is 5.10. The van der Waals surface area contributed by atoms with Crippen LogP contribution >= 0.6 is 0 Å². The number of carbonyl (C=O) groups is 1. The van der Waals surface area contributed by atoms with Crippen LogP contribution < -0.4 is 5.32 Å². The third kappa shape index (κ3) is 4.33. The molecule has 0 unspecified atom stereocenters. The molecule has 3 aromatic heterocycles. The van der Waals surface area contributed by atoms with Gasteiger partial charge in [-0.1, -0.05) is 19.3 Å². The summed E-state index contributed by atoms with van der Waals surface area (Å²) in [5, 5.41) is 12.4. The number of nitrogens with zero attached hydrogens (tertiary/aromatic N) is 6. The van der Waals surface area contributed by atoms with Crippen LogP contribution in [0.2, 0.25) is 0 Å². The molecule has 2 saturated carbocycles. The second kappa shape index (κ2) is 9.26. The minimum Gasteiger partial charge on any atom is -0.466 e. The number of aromatic nitrogens is 6. The lowest BCUT2D eigenvalue weighted by Gasteiger charge is -2.27. The molecule has 1 N–H and O–H groups in total. The first-order valence-electron chi connectivity index (χ1n) is 11.9. The second-order valence-electron chi connectivity index (χ2n) is 8.97. The normalized spacial score (nSPS) is 22.2. The topological polar surface area (TPSA) is 99.2 Å². The molecule has 2 aliphatic carbocycles. The quantitative estimate of drug-likeness (QED) is 0.570. The summed E-state index contributed by atoms with van der Waals surface area (Å²) < 4.78 is 9.01. The van der Waals surface area contributed by atoms with E-state index in [0.29, 0.717) is 24.2 Å². The number of rotatable bonds is 6. The second-order valence-corrected chi connectivity index (χ2v) is 8.97. The number of nitrogens with one attached hydrogen (secondary N) is 1. The van der Waals surface area contributed by atoms with Crippen LogP contribution in [0.15, 0.2) is 24.9 Å². The zero-order valence-corrected chi connectivity index (χ0v) is 18.6. The van der Waals surface area contributed by atoms with Crippen LogP contribution in [0, 0.1) is 5.92 Å². The van der Waals surface area contributed by atoms with Gasteiger partial charge in [0, 0.05) is 12.1 Å². The summed E-state index contributed by atoms with van der Waals surface area (Å²) in [6.07, 6.45) is 17.2. The van der Waals surface area contributed by atoms with E-state index in [0.717, 1.165) is 42.9 Å². The molecule has 0 saturated heterocycles. The van der Waals surface area contributed by atoms with E-state index in [1.165, 1.54) is 32.1 Å². The van der Waals surface area contributed by atoms with Gasteiger partial charge in [-0.15, -0.1) is 0 Å². The Balaban J connectivity index is 1.29. The van der Waals surface area contributed by atoms with Gasteiger partial charge < -0.3 is 10.1 Å². The third-order valence-corrected chi connectivity index (χ3v) is 6.86. The molecule has 9 nitrogen and oxygen atoms in total. The van der Waals surface area contributed by atoms with Crippen molar-refractivity contribution in [3.05, 3.63) is 30.6 Å². The Morgan fingerprint density at radius 3 is 2.69 bits per heavy atom. The standard InChI is InChI=1S/C23H31N7O2/c1-2-32-23(31)17-8-10-19(11-9-17)29-13-18(12-25-29)27-21-22-24-15-26-30(22)14-20(28-21)16-6-4-3-5-7-16/h12-17,19H,2-11H2,1H3,(H,27,28). The van der Waals surface area contributed by atoms with Gasteiger partial charge in [0.25, 0.3) is 0 Å². The molecule has 0 atom stereocenters. The number of carbonyl (C=O) groups excluding carboxylic acids is 1. The van der Waals surface area contributed by atoms with Crippen molar-refractivity contribution in [3.8, 4) is 0 Å². The van der Waals surface area contributed by atoms with Gasteiger partial charge in [-0.2, -0.15) is 10.2 Å². The molecular weight excluding hydrogens is 406 g/mol. The number of anilines is 2. The fraction of sp³-hybridized carbons (Fsp3) is 0.609. The number of ether oxygens (including phenoxy) is 1. The zero-order valence-electron chi connectivity index (χ0n) is 18.6. The molecule has 0 radical (unpaired) electrons. The van der Waals surface area contributed by atoms with Gasteiger partial charge in [0.05, 0.1) is 42.3 Å². The molecule has 5 rings (SSSR count). The lowest BCUT2D eigenvalue weighted by atomic mass is 9.86. The maximum absolute atomic E-state index is 12.0. The average Bonchev–Trinajstić information content (AvgIpc) is 3.50. The number of fused-ring (bicyclic) bond motifs is 1. The van der Waals surface area contributed by atoms with Crippen molar-refractivity contribution in [1.29, 1.82) is 0 Å². The van der Waals surface area contributed by atoms with Crippen molar-refractivity contribution < 1.29 is 9.53 Å². The van der Waals surface area contributed by atoms with Crippen LogP contribution in [0.5, 0.6) is 0 Å². The summed E-state index contributed by atoms with van der Waals surface area (Å²) >= 11 is 0. The Morgan fingerprint density at radius 1 is 1.09 bits per heavy atom. The van der Waals surface area contributed by atoms with Gasteiger partial charge in [-0.3, -0.25) is 9.48 Å². The molecule has 0 aliphatic heterocycles. The molecule has 2 fully saturated rings. The van der Waals surface area contributed by atoms with E-state index in [1.54, 1.807) is 6.33 Å². The number of hydrogen-bond donors (Lipinski definition) is 1. The van der Waals surface area contributed by atoms with E-state index in [1.807, 2.05) is 34.7 Å². The molecule has 0 bridgehead atoms. The molecule has 0 amide bonds. The first-order valence-corrected chi connectivity index (χ1v) is 11.9. The lowest BCUT2D eigenvalue weighted by Crippen LogP contribution is -2.25. The van der Waals surface area contributed by atoms with Crippen LogP contribution in [0.1, 0.15) is 82.4 Å². The van der Waals surface area contributed by atoms with Crippen molar-refractivity contribution in [2.75, 3.05) is 11.9 Å². The van der Waals surface area contributed by atoms with Crippen molar-refractivity contribution in [3.63, 3.8) is 0 Å². The van der Waals surface area contributed by atoms with Crippen molar-refractivity contribution in [2.45, 2.75) is 76.7 Å². The monoisotopic (exact) mass is 437 g/mol. The van der Waals surface area contributed by atoms with Crippen molar-refractivity contribution >= 4 is 23.1 Å². The molecule has 0 aromatic carbocycles. The minimum absolute atomic E-state index is 0.0207. The minimum atomic E-state index is -0.0602. The Bertz CT molecular complexity index is 1060. The summed E-state index contributed by atoms with van der Waals surface area (Å²) in [5.41, 5.74) is 2.68. The predicted molar refractivity (Wildman–Crippen MR) is 120 cm³/mol. The van der Waals surface area contributed by atoms with E-state index >= 15 is 0 Å². The maximum Gasteiger partial charge on any atom is 0.308 e. The molecule has 170 valence electrons. The van der Waals surface area contributed by atoms with E-state index in [2.05, 4.69) is 20.5 Å². The summed E-state index contributed by atoms with van der Waals surface area (Å²) in [6.45, 7) is 2.30.